The minimum atomic E-state index is -1.13. The zero-order valence-corrected chi connectivity index (χ0v) is 17.5. The summed E-state index contributed by atoms with van der Waals surface area (Å²) in [4.78, 5) is 2.74. The fourth-order valence-corrected chi connectivity index (χ4v) is 4.93. The minimum absolute atomic E-state index is 1.13. The van der Waals surface area contributed by atoms with E-state index in [9.17, 15) is 0 Å². The third-order valence-corrected chi connectivity index (χ3v) is 5.93. The predicted molar refractivity (Wildman–Crippen MR) is 111 cm³/mol. The van der Waals surface area contributed by atoms with Crippen LogP contribution in [0.5, 0.6) is 0 Å². The standard InChI is InChI=1S/C21H34SSi/c1-6-7-8-10-13-20(18-23(3,4)5)17-16-19(2)22-21-14-11-9-12-15-21/h9,11-12,14-16,18H,6-8,10,13,17H2,1-5H3/b19-16-,20-18+. The van der Waals surface area contributed by atoms with Crippen molar-refractivity contribution in [2.75, 3.05) is 0 Å². The molecule has 1 aromatic rings. The lowest BCUT2D eigenvalue weighted by atomic mass is 10.1. The molecule has 128 valence electrons. The molecule has 0 fully saturated rings. The van der Waals surface area contributed by atoms with Crippen molar-refractivity contribution in [3.05, 3.63) is 52.6 Å². The van der Waals surface area contributed by atoms with Crippen LogP contribution < -0.4 is 0 Å². The first-order chi connectivity index (χ1) is 10.9. The number of hydrogen-bond donors (Lipinski definition) is 0. The van der Waals surface area contributed by atoms with Gasteiger partial charge in [-0.2, -0.15) is 0 Å². The smallest absolute Gasteiger partial charge is 0.0686 e. The molecule has 0 aromatic heterocycles. The average molecular weight is 347 g/mol. The van der Waals surface area contributed by atoms with Crippen molar-refractivity contribution in [2.45, 2.75) is 76.9 Å². The van der Waals surface area contributed by atoms with Crippen LogP contribution in [0, 0.1) is 0 Å². The Morgan fingerprint density at radius 3 is 2.35 bits per heavy atom. The van der Waals surface area contributed by atoms with E-state index in [0.29, 0.717) is 0 Å². The van der Waals surface area contributed by atoms with E-state index in [0.717, 1.165) is 6.42 Å². The Kier molecular flexibility index (Phi) is 9.65. The van der Waals surface area contributed by atoms with Gasteiger partial charge in [-0.15, -0.1) is 0 Å². The lowest BCUT2D eigenvalue weighted by Crippen LogP contribution is -2.17. The van der Waals surface area contributed by atoms with Crippen molar-refractivity contribution in [3.63, 3.8) is 0 Å². The van der Waals surface area contributed by atoms with E-state index in [-0.39, 0.29) is 0 Å². The first kappa shape index (κ1) is 20.3. The van der Waals surface area contributed by atoms with Crippen LogP contribution in [0.25, 0.3) is 0 Å². The van der Waals surface area contributed by atoms with Crippen molar-refractivity contribution < 1.29 is 0 Å². The largest absolute Gasteiger partial charge is 0.0955 e. The van der Waals surface area contributed by atoms with E-state index < -0.39 is 8.07 Å². The molecule has 0 aliphatic carbocycles. The van der Waals surface area contributed by atoms with Crippen LogP contribution >= 0.6 is 11.8 Å². The Balaban J connectivity index is 2.61. The SMILES string of the molecule is CCCCCC/C(=C\[Si](C)(C)C)C/C=C(/C)Sc1ccccc1. The van der Waals surface area contributed by atoms with E-state index in [2.05, 4.69) is 75.6 Å². The second-order valence-electron chi connectivity index (χ2n) is 7.41. The van der Waals surface area contributed by atoms with E-state index in [4.69, 9.17) is 0 Å². The van der Waals surface area contributed by atoms with Crippen LogP contribution in [0.15, 0.2) is 57.5 Å². The van der Waals surface area contributed by atoms with Crippen molar-refractivity contribution in [1.82, 2.24) is 0 Å². The second-order valence-corrected chi connectivity index (χ2v) is 13.8. The van der Waals surface area contributed by atoms with Gasteiger partial charge in [-0.1, -0.05) is 93.1 Å². The molecule has 0 bridgehead atoms. The normalized spacial score (nSPS) is 13.4. The van der Waals surface area contributed by atoms with E-state index >= 15 is 0 Å². The Morgan fingerprint density at radius 2 is 1.74 bits per heavy atom. The van der Waals surface area contributed by atoms with E-state index in [1.54, 1.807) is 5.57 Å². The molecule has 23 heavy (non-hydrogen) atoms. The molecular formula is C21H34SSi. The van der Waals surface area contributed by atoms with Gasteiger partial charge in [0.2, 0.25) is 0 Å². The fraction of sp³-hybridized carbons (Fsp3) is 0.524. The number of unbranched alkanes of at least 4 members (excludes halogenated alkanes) is 3. The zero-order chi connectivity index (χ0) is 17.1. The molecule has 1 aromatic carbocycles. The number of hydrogen-bond acceptors (Lipinski definition) is 1. The molecule has 0 heterocycles. The fourth-order valence-electron chi connectivity index (χ4n) is 2.62. The predicted octanol–water partition coefficient (Wildman–Crippen LogP) is 7.85. The highest BCUT2D eigenvalue weighted by Crippen LogP contribution is 2.27. The highest BCUT2D eigenvalue weighted by Gasteiger charge is 2.10. The third kappa shape index (κ3) is 10.6. The molecule has 1 rings (SSSR count). The maximum absolute atomic E-state index is 2.62. The first-order valence-corrected chi connectivity index (χ1v) is 13.4. The molecule has 0 atom stereocenters. The Bertz CT molecular complexity index is 494. The summed E-state index contributed by atoms with van der Waals surface area (Å²) in [6.07, 6.45) is 10.2. The molecule has 0 aliphatic rings. The molecular weight excluding hydrogens is 312 g/mol. The van der Waals surface area contributed by atoms with E-state index in [1.165, 1.54) is 41.9 Å². The van der Waals surface area contributed by atoms with E-state index in [1.807, 2.05) is 11.8 Å². The lowest BCUT2D eigenvalue weighted by molar-refractivity contribution is 0.661. The molecule has 0 aliphatic heterocycles. The molecule has 0 N–H and O–H groups in total. The van der Waals surface area contributed by atoms with Gasteiger partial charge >= 0.3 is 0 Å². The van der Waals surface area contributed by atoms with Gasteiger partial charge in [-0.05, 0) is 43.2 Å². The summed E-state index contributed by atoms with van der Waals surface area (Å²) in [5.41, 5.74) is 4.28. The first-order valence-electron chi connectivity index (χ1n) is 9.01. The third-order valence-electron chi connectivity index (χ3n) is 3.66. The number of allylic oxidation sites excluding steroid dienone is 3. The Labute approximate surface area is 149 Å². The average Bonchev–Trinajstić information content (AvgIpc) is 2.48. The van der Waals surface area contributed by atoms with Gasteiger partial charge in [0.05, 0.1) is 8.07 Å². The van der Waals surface area contributed by atoms with Gasteiger partial charge in [0.25, 0.3) is 0 Å². The summed E-state index contributed by atoms with van der Waals surface area (Å²) >= 11 is 1.88. The van der Waals surface area contributed by atoms with Gasteiger partial charge in [-0.25, -0.2) is 0 Å². The summed E-state index contributed by atoms with van der Waals surface area (Å²) < 4.78 is 0. The zero-order valence-electron chi connectivity index (χ0n) is 15.7. The maximum atomic E-state index is 2.62. The molecule has 0 radical (unpaired) electrons. The highest BCUT2D eigenvalue weighted by atomic mass is 32.2. The van der Waals surface area contributed by atoms with Crippen LogP contribution in [0.4, 0.5) is 0 Å². The van der Waals surface area contributed by atoms with Gasteiger partial charge in [-0.3, -0.25) is 0 Å². The Hall–Kier alpha value is -0.733. The molecule has 0 saturated heterocycles. The quantitative estimate of drug-likeness (QED) is 0.236. The van der Waals surface area contributed by atoms with Crippen LogP contribution in [-0.2, 0) is 0 Å². The van der Waals surface area contributed by atoms with Crippen molar-refractivity contribution in [1.29, 1.82) is 0 Å². The second kappa shape index (κ2) is 10.9. The van der Waals surface area contributed by atoms with Gasteiger partial charge in [0, 0.05) is 4.90 Å². The molecule has 2 heteroatoms. The highest BCUT2D eigenvalue weighted by molar-refractivity contribution is 8.03. The van der Waals surface area contributed by atoms with Gasteiger partial charge < -0.3 is 0 Å². The molecule has 0 unspecified atom stereocenters. The molecule has 0 spiro atoms. The summed E-state index contributed by atoms with van der Waals surface area (Å²) in [7, 11) is -1.13. The maximum Gasteiger partial charge on any atom is 0.0686 e. The summed E-state index contributed by atoms with van der Waals surface area (Å²) in [5, 5.41) is 0. The van der Waals surface area contributed by atoms with Crippen LogP contribution in [0.2, 0.25) is 19.6 Å². The van der Waals surface area contributed by atoms with Crippen molar-refractivity contribution in [3.8, 4) is 0 Å². The summed E-state index contributed by atoms with van der Waals surface area (Å²) in [5.74, 6) is 0. The summed E-state index contributed by atoms with van der Waals surface area (Å²) in [6.45, 7) is 11.8. The monoisotopic (exact) mass is 346 g/mol. The van der Waals surface area contributed by atoms with Crippen LogP contribution in [0.1, 0.15) is 52.4 Å². The molecule has 0 amide bonds. The number of thioether (sulfide) groups is 1. The topological polar surface area (TPSA) is 0 Å². The van der Waals surface area contributed by atoms with Crippen LogP contribution in [-0.4, -0.2) is 8.07 Å². The lowest BCUT2D eigenvalue weighted by Gasteiger charge is -2.14. The van der Waals surface area contributed by atoms with Crippen molar-refractivity contribution >= 4 is 19.8 Å². The summed E-state index contributed by atoms with van der Waals surface area (Å²) in [6, 6.07) is 10.7. The number of benzene rings is 1. The molecule has 0 saturated carbocycles. The van der Waals surface area contributed by atoms with Gasteiger partial charge in [0.15, 0.2) is 0 Å². The minimum Gasteiger partial charge on any atom is -0.0955 e. The Morgan fingerprint density at radius 1 is 1.04 bits per heavy atom. The number of rotatable bonds is 10. The molecule has 0 nitrogen and oxygen atoms in total. The van der Waals surface area contributed by atoms with Crippen LogP contribution in [0.3, 0.4) is 0 Å². The van der Waals surface area contributed by atoms with Gasteiger partial charge in [0.1, 0.15) is 0 Å². The van der Waals surface area contributed by atoms with Crippen molar-refractivity contribution in [2.24, 2.45) is 0 Å².